The summed E-state index contributed by atoms with van der Waals surface area (Å²) in [6, 6.07) is 2.10. The molecule has 0 aromatic carbocycles. The largest absolute Gasteiger partial charge is 0.445 e. The monoisotopic (exact) mass is 306 g/mol. The second-order valence-electron chi connectivity index (χ2n) is 6.01. The second-order valence-corrected chi connectivity index (χ2v) is 6.01. The average molecular weight is 306 g/mol. The number of furan rings is 1. The Morgan fingerprint density at radius 2 is 1.86 bits per heavy atom. The number of hydrogen-bond donors (Lipinski definition) is 1. The highest BCUT2D eigenvalue weighted by atomic mass is 16.5. The van der Waals surface area contributed by atoms with Crippen LogP contribution in [0.3, 0.4) is 0 Å². The maximum atomic E-state index is 5.89. The summed E-state index contributed by atoms with van der Waals surface area (Å²) in [7, 11) is 0. The summed E-state index contributed by atoms with van der Waals surface area (Å²) < 4.78 is 11.6. The van der Waals surface area contributed by atoms with Gasteiger partial charge in [0.05, 0.1) is 12.2 Å². The van der Waals surface area contributed by atoms with Crippen molar-refractivity contribution in [2.75, 3.05) is 11.9 Å². The van der Waals surface area contributed by atoms with E-state index in [0.717, 1.165) is 36.7 Å². The van der Waals surface area contributed by atoms with E-state index in [9.17, 15) is 0 Å². The number of anilines is 1. The van der Waals surface area contributed by atoms with Crippen molar-refractivity contribution >= 4 is 12.1 Å². The second kappa shape index (κ2) is 9.67. The third kappa shape index (κ3) is 5.48. The summed E-state index contributed by atoms with van der Waals surface area (Å²) in [6.45, 7) is 5.17. The molecule has 2 heterocycles. The Hall–Kier alpha value is -1.29. The van der Waals surface area contributed by atoms with Crippen molar-refractivity contribution in [3.63, 3.8) is 0 Å². The molecule has 1 aliphatic rings. The molecule has 2 rings (SSSR count). The number of hydrogen-bond acceptors (Lipinski definition) is 4. The molecule has 1 aliphatic heterocycles. The van der Waals surface area contributed by atoms with Crippen LogP contribution >= 0.6 is 0 Å². The first-order valence-electron chi connectivity index (χ1n) is 8.87. The van der Waals surface area contributed by atoms with Gasteiger partial charge in [0.25, 0.3) is 0 Å². The number of unbranched alkanes of at least 4 members (excludes halogenated alkanes) is 6. The fourth-order valence-corrected chi connectivity index (χ4v) is 2.62. The zero-order chi connectivity index (χ0) is 15.6. The van der Waals surface area contributed by atoms with Crippen molar-refractivity contribution in [2.24, 2.45) is 4.99 Å². The van der Waals surface area contributed by atoms with Gasteiger partial charge in [-0.05, 0) is 18.9 Å². The first kappa shape index (κ1) is 17.1. The van der Waals surface area contributed by atoms with Crippen LogP contribution in [0.1, 0.15) is 76.5 Å². The SMILES string of the molecule is CCCCCCCc1cc2c(o1)NC(OCCCCC)N=C2. The lowest BCUT2D eigenvalue weighted by Crippen LogP contribution is -2.24. The molecule has 1 aromatic heterocycles. The summed E-state index contributed by atoms with van der Waals surface area (Å²) in [5, 5.41) is 3.22. The van der Waals surface area contributed by atoms with E-state index in [0.29, 0.717) is 0 Å². The predicted octanol–water partition coefficient (Wildman–Crippen LogP) is 5.13. The zero-order valence-electron chi connectivity index (χ0n) is 14.1. The highest BCUT2D eigenvalue weighted by Gasteiger charge is 2.18. The summed E-state index contributed by atoms with van der Waals surface area (Å²) >= 11 is 0. The van der Waals surface area contributed by atoms with Gasteiger partial charge < -0.3 is 14.5 Å². The molecule has 0 bridgehead atoms. The molecule has 0 aliphatic carbocycles. The molecule has 1 atom stereocenters. The quantitative estimate of drug-likeness (QED) is 0.577. The molecule has 0 saturated heterocycles. The van der Waals surface area contributed by atoms with Crippen molar-refractivity contribution in [3.8, 4) is 0 Å². The van der Waals surface area contributed by atoms with E-state index in [1.807, 2.05) is 6.21 Å². The molecule has 22 heavy (non-hydrogen) atoms. The molecular weight excluding hydrogens is 276 g/mol. The Kier molecular flexibility index (Phi) is 7.50. The topological polar surface area (TPSA) is 46.8 Å². The minimum absolute atomic E-state index is 0.298. The first-order chi connectivity index (χ1) is 10.8. The fourth-order valence-electron chi connectivity index (χ4n) is 2.62. The summed E-state index contributed by atoms with van der Waals surface area (Å²) in [6.07, 6.45) is 12.5. The molecule has 0 spiro atoms. The van der Waals surface area contributed by atoms with Gasteiger partial charge >= 0.3 is 0 Å². The number of rotatable bonds is 11. The van der Waals surface area contributed by atoms with Crippen LogP contribution in [0, 0.1) is 0 Å². The van der Waals surface area contributed by atoms with E-state index in [2.05, 4.69) is 30.2 Å². The molecule has 0 radical (unpaired) electrons. The molecule has 0 saturated carbocycles. The van der Waals surface area contributed by atoms with Gasteiger partial charge in [0, 0.05) is 12.6 Å². The number of aliphatic imine (C=N–C) groups is 1. The summed E-state index contributed by atoms with van der Waals surface area (Å²) in [4.78, 5) is 4.38. The zero-order valence-corrected chi connectivity index (χ0v) is 14.1. The van der Waals surface area contributed by atoms with Crippen LogP contribution in [0.5, 0.6) is 0 Å². The minimum Gasteiger partial charge on any atom is -0.445 e. The molecule has 1 unspecified atom stereocenters. The Labute approximate surface area is 134 Å². The lowest BCUT2D eigenvalue weighted by Gasteiger charge is -2.18. The van der Waals surface area contributed by atoms with Crippen LogP contribution in [0.25, 0.3) is 0 Å². The van der Waals surface area contributed by atoms with Crippen molar-refractivity contribution < 1.29 is 9.15 Å². The lowest BCUT2D eigenvalue weighted by molar-refractivity contribution is 0.0736. The molecule has 124 valence electrons. The number of nitrogens with zero attached hydrogens (tertiary/aromatic N) is 1. The average Bonchev–Trinajstić information content (AvgIpc) is 2.93. The molecule has 4 heteroatoms. The highest BCUT2D eigenvalue weighted by molar-refractivity contribution is 5.87. The van der Waals surface area contributed by atoms with Crippen molar-refractivity contribution in [2.45, 2.75) is 78.0 Å². The Bertz CT molecular complexity index is 454. The van der Waals surface area contributed by atoms with E-state index in [1.54, 1.807) is 0 Å². The fraction of sp³-hybridized carbons (Fsp3) is 0.722. The van der Waals surface area contributed by atoms with Gasteiger partial charge in [0.1, 0.15) is 5.76 Å². The first-order valence-corrected chi connectivity index (χ1v) is 8.87. The van der Waals surface area contributed by atoms with Gasteiger partial charge in [0.2, 0.25) is 12.2 Å². The normalized spacial score (nSPS) is 16.5. The van der Waals surface area contributed by atoms with Crippen LogP contribution in [0.15, 0.2) is 15.5 Å². The Morgan fingerprint density at radius 3 is 2.68 bits per heavy atom. The van der Waals surface area contributed by atoms with Crippen LogP contribution in [0.2, 0.25) is 0 Å². The van der Waals surface area contributed by atoms with E-state index >= 15 is 0 Å². The molecule has 1 N–H and O–H groups in total. The maximum absolute atomic E-state index is 5.89. The van der Waals surface area contributed by atoms with E-state index in [4.69, 9.17) is 9.15 Å². The van der Waals surface area contributed by atoms with Crippen LogP contribution in [0.4, 0.5) is 5.88 Å². The minimum atomic E-state index is -0.298. The number of aryl methyl sites for hydroxylation is 1. The molecule has 0 amide bonds. The van der Waals surface area contributed by atoms with Gasteiger partial charge in [-0.15, -0.1) is 0 Å². The van der Waals surface area contributed by atoms with Gasteiger partial charge in [0.15, 0.2) is 0 Å². The molecule has 1 aromatic rings. The molecular formula is C18H30N2O2. The number of ether oxygens (including phenoxy) is 1. The van der Waals surface area contributed by atoms with Gasteiger partial charge in [-0.3, -0.25) is 0 Å². The van der Waals surface area contributed by atoms with Crippen LogP contribution in [-0.2, 0) is 11.2 Å². The number of nitrogens with one attached hydrogen (secondary N) is 1. The third-order valence-corrected chi connectivity index (χ3v) is 3.97. The van der Waals surface area contributed by atoms with E-state index in [-0.39, 0.29) is 6.35 Å². The third-order valence-electron chi connectivity index (χ3n) is 3.97. The summed E-state index contributed by atoms with van der Waals surface area (Å²) in [5.41, 5.74) is 1.04. The van der Waals surface area contributed by atoms with E-state index in [1.165, 1.54) is 44.9 Å². The molecule has 0 fully saturated rings. The predicted molar refractivity (Wildman–Crippen MR) is 91.7 cm³/mol. The van der Waals surface area contributed by atoms with Crippen LogP contribution < -0.4 is 5.32 Å². The Balaban J connectivity index is 1.72. The summed E-state index contributed by atoms with van der Waals surface area (Å²) in [5.74, 6) is 1.85. The van der Waals surface area contributed by atoms with E-state index < -0.39 is 0 Å². The number of fused-ring (bicyclic) bond motifs is 1. The Morgan fingerprint density at radius 1 is 1.09 bits per heavy atom. The van der Waals surface area contributed by atoms with Crippen molar-refractivity contribution in [1.82, 2.24) is 0 Å². The smallest absolute Gasteiger partial charge is 0.227 e. The molecule has 4 nitrogen and oxygen atoms in total. The standard InChI is InChI=1S/C18H30N2O2/c1-3-5-7-8-9-11-16-13-15-14-19-18(20-17(15)22-16)21-12-10-6-4-2/h13-14,18,20H,3-12H2,1-2H3. The van der Waals surface area contributed by atoms with Crippen LogP contribution in [-0.4, -0.2) is 19.2 Å². The van der Waals surface area contributed by atoms with Crippen molar-refractivity contribution in [1.29, 1.82) is 0 Å². The lowest BCUT2D eigenvalue weighted by atomic mass is 10.1. The van der Waals surface area contributed by atoms with Crippen molar-refractivity contribution in [3.05, 3.63) is 17.4 Å². The van der Waals surface area contributed by atoms with Gasteiger partial charge in [-0.2, -0.15) is 0 Å². The maximum Gasteiger partial charge on any atom is 0.227 e. The highest BCUT2D eigenvalue weighted by Crippen LogP contribution is 2.25. The van der Waals surface area contributed by atoms with Gasteiger partial charge in [-0.1, -0.05) is 52.4 Å². The van der Waals surface area contributed by atoms with Gasteiger partial charge in [-0.25, -0.2) is 4.99 Å².